The maximum absolute atomic E-state index is 9.32. The third-order valence-corrected chi connectivity index (χ3v) is 4.18. The van der Waals surface area contributed by atoms with E-state index in [0.717, 1.165) is 23.9 Å². The van der Waals surface area contributed by atoms with Gasteiger partial charge >= 0.3 is 0 Å². The first-order chi connectivity index (χ1) is 7.74. The molecule has 1 saturated heterocycles. The molecule has 2 heterocycles. The van der Waals surface area contributed by atoms with Gasteiger partial charge in [-0.15, -0.1) is 0 Å². The third kappa shape index (κ3) is 2.26. The van der Waals surface area contributed by atoms with Gasteiger partial charge in [0.2, 0.25) is 0 Å². The maximum Gasteiger partial charge on any atom is 0.140 e. The molecule has 1 aromatic heterocycles. The van der Waals surface area contributed by atoms with Gasteiger partial charge < -0.3 is 10.0 Å². The van der Waals surface area contributed by atoms with E-state index >= 15 is 0 Å². The van der Waals surface area contributed by atoms with Crippen molar-refractivity contribution in [2.24, 2.45) is 0 Å². The normalized spacial score (nSPS) is 21.2. The highest BCUT2D eigenvalue weighted by atomic mass is 35.5. The highest BCUT2D eigenvalue weighted by molar-refractivity contribution is 7.99. The molecule has 1 aliphatic rings. The molecule has 0 aliphatic carbocycles. The second-order valence-corrected chi connectivity index (χ2v) is 5.25. The van der Waals surface area contributed by atoms with Gasteiger partial charge in [0.05, 0.1) is 12.2 Å². The predicted molar refractivity (Wildman–Crippen MR) is 67.1 cm³/mol. The predicted octanol–water partition coefficient (Wildman–Crippen LogP) is 1.56. The van der Waals surface area contributed by atoms with Gasteiger partial charge in [-0.05, 0) is 6.92 Å². The number of halogens is 1. The van der Waals surface area contributed by atoms with Crippen LogP contribution in [0.2, 0.25) is 5.15 Å². The van der Waals surface area contributed by atoms with Gasteiger partial charge in [0, 0.05) is 24.1 Å². The van der Waals surface area contributed by atoms with Crippen LogP contribution in [0.1, 0.15) is 12.5 Å². The largest absolute Gasteiger partial charge is 0.391 e. The lowest BCUT2D eigenvalue weighted by Crippen LogP contribution is -2.41. The van der Waals surface area contributed by atoms with Gasteiger partial charge in [0.15, 0.2) is 0 Å². The van der Waals surface area contributed by atoms with Crippen LogP contribution in [0.15, 0.2) is 6.33 Å². The molecule has 1 atom stereocenters. The average Bonchev–Trinajstić information content (AvgIpc) is 2.29. The number of rotatable bonds is 2. The summed E-state index contributed by atoms with van der Waals surface area (Å²) < 4.78 is 0. The Bertz CT molecular complexity index is 377. The van der Waals surface area contributed by atoms with E-state index in [0.29, 0.717) is 16.8 Å². The summed E-state index contributed by atoms with van der Waals surface area (Å²) in [6.07, 6.45) is 1.45. The van der Waals surface area contributed by atoms with Crippen molar-refractivity contribution < 1.29 is 5.11 Å². The second-order valence-electron chi connectivity index (χ2n) is 3.74. The Morgan fingerprint density at radius 1 is 1.62 bits per heavy atom. The van der Waals surface area contributed by atoms with E-state index in [1.165, 1.54) is 6.33 Å². The smallest absolute Gasteiger partial charge is 0.140 e. The Labute approximate surface area is 104 Å². The van der Waals surface area contributed by atoms with Gasteiger partial charge in [-0.25, -0.2) is 9.97 Å². The van der Waals surface area contributed by atoms with Crippen molar-refractivity contribution in [3.63, 3.8) is 0 Å². The fraction of sp³-hybridized carbons (Fsp3) is 0.600. The number of hydrogen-bond donors (Lipinski definition) is 1. The summed E-state index contributed by atoms with van der Waals surface area (Å²) in [7, 11) is 0. The minimum absolute atomic E-state index is 0.120. The number of thioether (sulfide) groups is 1. The molecule has 1 N–H and O–H groups in total. The number of aliphatic hydroxyl groups is 1. The molecule has 0 spiro atoms. The van der Waals surface area contributed by atoms with Crippen molar-refractivity contribution in [3.05, 3.63) is 17.0 Å². The highest BCUT2D eigenvalue weighted by Crippen LogP contribution is 2.28. The molecule has 6 heteroatoms. The number of anilines is 1. The van der Waals surface area contributed by atoms with Gasteiger partial charge in [-0.2, -0.15) is 11.8 Å². The fourth-order valence-electron chi connectivity index (χ4n) is 1.81. The van der Waals surface area contributed by atoms with Gasteiger partial charge in [-0.1, -0.05) is 11.6 Å². The minimum Gasteiger partial charge on any atom is -0.391 e. The molecule has 1 unspecified atom stereocenters. The molecule has 4 nitrogen and oxygen atoms in total. The first-order valence-corrected chi connectivity index (χ1v) is 6.72. The highest BCUT2D eigenvalue weighted by Gasteiger charge is 2.23. The number of aliphatic hydroxyl groups excluding tert-OH is 1. The molecule has 1 aliphatic heterocycles. The molecule has 1 fully saturated rings. The van der Waals surface area contributed by atoms with E-state index in [1.807, 2.05) is 11.8 Å². The quantitative estimate of drug-likeness (QED) is 0.817. The van der Waals surface area contributed by atoms with E-state index in [9.17, 15) is 5.11 Å². The minimum atomic E-state index is -0.120. The van der Waals surface area contributed by atoms with Crippen molar-refractivity contribution in [1.82, 2.24) is 9.97 Å². The van der Waals surface area contributed by atoms with Gasteiger partial charge in [0.1, 0.15) is 17.3 Å². The second kappa shape index (κ2) is 5.21. The Balaban J connectivity index is 2.34. The zero-order valence-electron chi connectivity index (χ0n) is 9.06. The molecule has 2 rings (SSSR count). The van der Waals surface area contributed by atoms with Crippen molar-refractivity contribution in [2.75, 3.05) is 23.0 Å². The van der Waals surface area contributed by atoms with Crippen molar-refractivity contribution in [3.8, 4) is 0 Å². The Morgan fingerprint density at radius 2 is 2.44 bits per heavy atom. The molecular formula is C10H14ClN3OS. The van der Waals surface area contributed by atoms with Crippen LogP contribution in [-0.2, 0) is 6.61 Å². The summed E-state index contributed by atoms with van der Waals surface area (Å²) in [5, 5.41) is 9.67. The van der Waals surface area contributed by atoms with Crippen LogP contribution < -0.4 is 4.90 Å². The molecule has 0 radical (unpaired) electrons. The van der Waals surface area contributed by atoms with Gasteiger partial charge in [0.25, 0.3) is 0 Å². The van der Waals surface area contributed by atoms with E-state index in [2.05, 4.69) is 21.8 Å². The molecule has 0 aromatic carbocycles. The summed E-state index contributed by atoms with van der Waals surface area (Å²) in [6.45, 7) is 2.97. The summed E-state index contributed by atoms with van der Waals surface area (Å²) in [6, 6.07) is 0.412. The molecule has 1 aromatic rings. The molecule has 0 amide bonds. The fourth-order valence-corrected chi connectivity index (χ4v) is 3.01. The number of nitrogens with zero attached hydrogens (tertiary/aromatic N) is 3. The maximum atomic E-state index is 9.32. The van der Waals surface area contributed by atoms with Crippen molar-refractivity contribution >= 4 is 29.2 Å². The Hall–Kier alpha value is -0.520. The lowest BCUT2D eigenvalue weighted by molar-refractivity contribution is 0.281. The Kier molecular flexibility index (Phi) is 3.89. The van der Waals surface area contributed by atoms with E-state index in [-0.39, 0.29) is 6.61 Å². The van der Waals surface area contributed by atoms with Crippen LogP contribution in [0.4, 0.5) is 5.82 Å². The Morgan fingerprint density at radius 3 is 3.12 bits per heavy atom. The number of aromatic nitrogens is 2. The average molecular weight is 260 g/mol. The lowest BCUT2D eigenvalue weighted by Gasteiger charge is -2.35. The standard InChI is InChI=1S/C10H14ClN3OS/c1-7-5-16-3-2-14(7)10-8(4-15)9(11)12-6-13-10/h6-7,15H,2-5H2,1H3. The van der Waals surface area contributed by atoms with Crippen LogP contribution in [0.25, 0.3) is 0 Å². The van der Waals surface area contributed by atoms with Crippen LogP contribution in [0.3, 0.4) is 0 Å². The summed E-state index contributed by atoms with van der Waals surface area (Å²) in [5.74, 6) is 2.93. The van der Waals surface area contributed by atoms with Crippen molar-refractivity contribution in [1.29, 1.82) is 0 Å². The first-order valence-electron chi connectivity index (χ1n) is 5.18. The summed E-state index contributed by atoms with van der Waals surface area (Å²) in [4.78, 5) is 10.3. The van der Waals surface area contributed by atoms with Crippen LogP contribution in [-0.4, -0.2) is 39.2 Å². The number of hydrogen-bond acceptors (Lipinski definition) is 5. The zero-order chi connectivity index (χ0) is 11.5. The molecule has 0 saturated carbocycles. The van der Waals surface area contributed by atoms with Crippen LogP contribution in [0.5, 0.6) is 0 Å². The van der Waals surface area contributed by atoms with Gasteiger partial charge in [-0.3, -0.25) is 0 Å². The molecule has 88 valence electrons. The SMILES string of the molecule is CC1CSCCN1c1ncnc(Cl)c1CO. The van der Waals surface area contributed by atoms with Crippen LogP contribution >= 0.6 is 23.4 Å². The summed E-state index contributed by atoms with van der Waals surface area (Å²) in [5.41, 5.74) is 0.628. The zero-order valence-corrected chi connectivity index (χ0v) is 10.6. The summed E-state index contributed by atoms with van der Waals surface area (Å²) >= 11 is 7.89. The molecular weight excluding hydrogens is 246 g/mol. The first kappa shape index (κ1) is 12.0. The molecule has 16 heavy (non-hydrogen) atoms. The molecule has 0 bridgehead atoms. The topological polar surface area (TPSA) is 49.2 Å². The third-order valence-electron chi connectivity index (χ3n) is 2.67. The lowest BCUT2D eigenvalue weighted by atomic mass is 10.2. The van der Waals surface area contributed by atoms with E-state index in [1.54, 1.807) is 0 Å². The van der Waals surface area contributed by atoms with Crippen molar-refractivity contribution in [2.45, 2.75) is 19.6 Å². The van der Waals surface area contributed by atoms with Crippen LogP contribution in [0, 0.1) is 0 Å². The van der Waals surface area contributed by atoms with E-state index in [4.69, 9.17) is 11.6 Å². The monoisotopic (exact) mass is 259 g/mol. The van der Waals surface area contributed by atoms with E-state index < -0.39 is 0 Å².